The van der Waals surface area contributed by atoms with E-state index in [1.165, 1.54) is 37.7 Å². The molecule has 0 N–H and O–H groups in total. The minimum Gasteiger partial charge on any atom is -0.494 e. The highest BCUT2D eigenvalue weighted by Crippen LogP contribution is 2.14. The average molecular weight is 220 g/mol. The minimum absolute atomic E-state index is 0.815. The summed E-state index contributed by atoms with van der Waals surface area (Å²) in [5.41, 5.74) is 1.43. The molecule has 0 aliphatic carbocycles. The Labute approximate surface area is 99.8 Å². The molecule has 90 valence electrons. The lowest BCUT2D eigenvalue weighted by Gasteiger charge is -2.05. The van der Waals surface area contributed by atoms with Gasteiger partial charge in [0.05, 0.1) is 6.61 Å². The molecule has 1 aromatic rings. The molecule has 0 fully saturated rings. The van der Waals surface area contributed by atoms with Crippen molar-refractivity contribution in [3.05, 3.63) is 29.8 Å². The van der Waals surface area contributed by atoms with Crippen molar-refractivity contribution in [3.8, 4) is 5.75 Å². The summed E-state index contributed by atoms with van der Waals surface area (Å²) in [6, 6.07) is 8.56. The van der Waals surface area contributed by atoms with Crippen molar-refractivity contribution < 1.29 is 4.74 Å². The molecular formula is C15H24O. The van der Waals surface area contributed by atoms with Crippen LogP contribution < -0.4 is 4.74 Å². The Morgan fingerprint density at radius 3 is 2.25 bits per heavy atom. The van der Waals surface area contributed by atoms with Gasteiger partial charge in [-0.1, -0.05) is 45.2 Å². The van der Waals surface area contributed by atoms with Gasteiger partial charge in [-0.05, 0) is 37.0 Å². The Morgan fingerprint density at radius 1 is 0.875 bits per heavy atom. The van der Waals surface area contributed by atoms with Crippen LogP contribution in [0.5, 0.6) is 5.75 Å². The number of unbranched alkanes of at least 4 members (excludes halogenated alkanes) is 3. The lowest BCUT2D eigenvalue weighted by atomic mass is 10.1. The topological polar surface area (TPSA) is 9.23 Å². The summed E-state index contributed by atoms with van der Waals surface area (Å²) in [6.07, 6.45) is 7.60. The van der Waals surface area contributed by atoms with Gasteiger partial charge in [0.2, 0.25) is 0 Å². The predicted octanol–water partition coefficient (Wildman–Crippen LogP) is 4.60. The number of hydrogen-bond acceptors (Lipinski definition) is 1. The smallest absolute Gasteiger partial charge is 0.119 e. The van der Waals surface area contributed by atoms with E-state index in [9.17, 15) is 0 Å². The lowest BCUT2D eigenvalue weighted by Crippen LogP contribution is -1.95. The van der Waals surface area contributed by atoms with Crippen LogP contribution >= 0.6 is 0 Å². The Hall–Kier alpha value is -0.980. The molecule has 0 spiro atoms. The third kappa shape index (κ3) is 5.20. The number of aryl methyl sites for hydroxylation is 1. The van der Waals surface area contributed by atoms with E-state index in [1.54, 1.807) is 0 Å². The molecule has 0 aliphatic heterocycles. The summed E-state index contributed by atoms with van der Waals surface area (Å²) in [4.78, 5) is 0. The van der Waals surface area contributed by atoms with Crippen molar-refractivity contribution in [2.75, 3.05) is 6.61 Å². The molecule has 1 rings (SSSR count). The molecule has 0 heterocycles. The van der Waals surface area contributed by atoms with Gasteiger partial charge in [0.25, 0.3) is 0 Å². The molecule has 1 aromatic carbocycles. The number of hydrogen-bond donors (Lipinski definition) is 0. The highest BCUT2D eigenvalue weighted by Gasteiger charge is 1.95. The largest absolute Gasteiger partial charge is 0.494 e. The zero-order valence-electron chi connectivity index (χ0n) is 10.7. The van der Waals surface area contributed by atoms with Gasteiger partial charge in [-0.25, -0.2) is 0 Å². The van der Waals surface area contributed by atoms with E-state index >= 15 is 0 Å². The van der Waals surface area contributed by atoms with E-state index in [2.05, 4.69) is 38.1 Å². The van der Waals surface area contributed by atoms with E-state index < -0.39 is 0 Å². The Balaban J connectivity index is 2.27. The first-order valence-corrected chi connectivity index (χ1v) is 6.58. The van der Waals surface area contributed by atoms with Gasteiger partial charge in [-0.2, -0.15) is 0 Å². The quantitative estimate of drug-likeness (QED) is 0.582. The van der Waals surface area contributed by atoms with E-state index in [0.29, 0.717) is 0 Å². The first-order chi connectivity index (χ1) is 7.86. The minimum atomic E-state index is 0.815. The normalized spacial score (nSPS) is 10.4. The fourth-order valence-corrected chi connectivity index (χ4v) is 1.73. The summed E-state index contributed by atoms with van der Waals surface area (Å²) in [5.74, 6) is 0.999. The Kier molecular flexibility index (Phi) is 6.71. The first kappa shape index (κ1) is 13.1. The SMILES string of the molecule is CCCCCCc1ccc(OCCC)cc1. The number of benzene rings is 1. The molecular weight excluding hydrogens is 196 g/mol. The van der Waals surface area contributed by atoms with Crippen molar-refractivity contribution in [1.29, 1.82) is 0 Å². The molecule has 1 heteroatoms. The van der Waals surface area contributed by atoms with E-state index in [-0.39, 0.29) is 0 Å². The van der Waals surface area contributed by atoms with Gasteiger partial charge in [-0.15, -0.1) is 0 Å². The van der Waals surface area contributed by atoms with Crippen LogP contribution in [0.15, 0.2) is 24.3 Å². The van der Waals surface area contributed by atoms with Crippen LogP contribution in [0.2, 0.25) is 0 Å². The second-order valence-corrected chi connectivity index (χ2v) is 4.30. The van der Waals surface area contributed by atoms with Gasteiger partial charge < -0.3 is 4.74 Å². The molecule has 0 unspecified atom stereocenters. The second kappa shape index (κ2) is 8.20. The van der Waals surface area contributed by atoms with Crippen LogP contribution in [0.25, 0.3) is 0 Å². The van der Waals surface area contributed by atoms with E-state index in [4.69, 9.17) is 4.74 Å². The zero-order chi connectivity index (χ0) is 11.6. The molecule has 0 atom stereocenters. The lowest BCUT2D eigenvalue weighted by molar-refractivity contribution is 0.317. The van der Waals surface area contributed by atoms with E-state index in [0.717, 1.165) is 18.8 Å². The highest BCUT2D eigenvalue weighted by atomic mass is 16.5. The summed E-state index contributed by atoms with van der Waals surface area (Å²) >= 11 is 0. The predicted molar refractivity (Wildman–Crippen MR) is 70.1 cm³/mol. The molecule has 0 saturated heterocycles. The molecule has 0 saturated carbocycles. The molecule has 0 aliphatic rings. The second-order valence-electron chi connectivity index (χ2n) is 4.30. The molecule has 1 nitrogen and oxygen atoms in total. The van der Waals surface area contributed by atoms with Crippen molar-refractivity contribution in [3.63, 3.8) is 0 Å². The highest BCUT2D eigenvalue weighted by molar-refractivity contribution is 5.27. The first-order valence-electron chi connectivity index (χ1n) is 6.58. The average Bonchev–Trinajstić information content (AvgIpc) is 2.33. The fourth-order valence-electron chi connectivity index (χ4n) is 1.73. The Morgan fingerprint density at radius 2 is 1.62 bits per heavy atom. The standard InChI is InChI=1S/C15H24O/c1-3-5-6-7-8-14-9-11-15(12-10-14)16-13-4-2/h9-12H,3-8,13H2,1-2H3. The monoisotopic (exact) mass is 220 g/mol. The third-order valence-corrected chi connectivity index (χ3v) is 2.72. The molecule has 0 aromatic heterocycles. The van der Waals surface area contributed by atoms with Gasteiger partial charge in [-0.3, -0.25) is 0 Å². The molecule has 0 amide bonds. The fraction of sp³-hybridized carbons (Fsp3) is 0.600. The summed E-state index contributed by atoms with van der Waals surface area (Å²) in [6.45, 7) is 5.19. The van der Waals surface area contributed by atoms with Crippen LogP contribution in [0, 0.1) is 0 Å². The van der Waals surface area contributed by atoms with Gasteiger partial charge in [0.15, 0.2) is 0 Å². The van der Waals surface area contributed by atoms with Crippen molar-refractivity contribution >= 4 is 0 Å². The number of rotatable bonds is 8. The molecule has 16 heavy (non-hydrogen) atoms. The third-order valence-electron chi connectivity index (χ3n) is 2.72. The maximum atomic E-state index is 5.55. The molecule has 0 bridgehead atoms. The number of ether oxygens (including phenoxy) is 1. The summed E-state index contributed by atoms with van der Waals surface area (Å²) < 4.78 is 5.55. The van der Waals surface area contributed by atoms with Gasteiger partial charge in [0, 0.05) is 0 Å². The van der Waals surface area contributed by atoms with Crippen LogP contribution in [-0.2, 0) is 6.42 Å². The van der Waals surface area contributed by atoms with Gasteiger partial charge >= 0.3 is 0 Å². The van der Waals surface area contributed by atoms with Crippen molar-refractivity contribution in [2.45, 2.75) is 52.4 Å². The van der Waals surface area contributed by atoms with Crippen molar-refractivity contribution in [1.82, 2.24) is 0 Å². The van der Waals surface area contributed by atoms with Crippen LogP contribution in [0.4, 0.5) is 0 Å². The van der Waals surface area contributed by atoms with Crippen LogP contribution in [-0.4, -0.2) is 6.61 Å². The van der Waals surface area contributed by atoms with Crippen LogP contribution in [0.1, 0.15) is 51.5 Å². The zero-order valence-corrected chi connectivity index (χ0v) is 10.7. The maximum absolute atomic E-state index is 5.55. The Bertz CT molecular complexity index is 263. The maximum Gasteiger partial charge on any atom is 0.119 e. The van der Waals surface area contributed by atoms with E-state index in [1.807, 2.05) is 0 Å². The molecule has 0 radical (unpaired) electrons. The summed E-state index contributed by atoms with van der Waals surface area (Å²) in [5, 5.41) is 0. The van der Waals surface area contributed by atoms with Gasteiger partial charge in [0.1, 0.15) is 5.75 Å². The van der Waals surface area contributed by atoms with Crippen LogP contribution in [0.3, 0.4) is 0 Å². The van der Waals surface area contributed by atoms with Crippen molar-refractivity contribution in [2.24, 2.45) is 0 Å². The summed E-state index contributed by atoms with van der Waals surface area (Å²) in [7, 11) is 0.